The number of pyridine rings is 1. The van der Waals surface area contributed by atoms with Gasteiger partial charge in [-0.1, -0.05) is 30.4 Å². The molecule has 0 fully saturated rings. The second kappa shape index (κ2) is 6.44. The van der Waals surface area contributed by atoms with Gasteiger partial charge < -0.3 is 9.84 Å². The first kappa shape index (κ1) is 17.4. The average Bonchev–Trinajstić information content (AvgIpc) is 2.91. The Morgan fingerprint density at radius 3 is 2.72 bits per heavy atom. The summed E-state index contributed by atoms with van der Waals surface area (Å²) in [7, 11) is 1.52. The minimum Gasteiger partial charge on any atom is -0.494 e. The lowest BCUT2D eigenvalue weighted by atomic mass is 9.96. The van der Waals surface area contributed by atoms with Crippen molar-refractivity contribution in [3.05, 3.63) is 62.6 Å². The number of ether oxygens (including phenoxy) is 1. The molecule has 0 bridgehead atoms. The van der Waals surface area contributed by atoms with Crippen LogP contribution in [0.3, 0.4) is 0 Å². The van der Waals surface area contributed by atoms with E-state index in [9.17, 15) is 14.7 Å². The third-order valence-corrected chi connectivity index (χ3v) is 5.18. The fraction of sp³-hybridized carbons (Fsp3) is 0.316. The van der Waals surface area contributed by atoms with Gasteiger partial charge in [0, 0.05) is 29.3 Å². The molecule has 25 heavy (non-hydrogen) atoms. The molecule has 1 aromatic heterocycles. The van der Waals surface area contributed by atoms with E-state index in [4.69, 9.17) is 17.0 Å². The Labute approximate surface area is 150 Å². The van der Waals surface area contributed by atoms with Crippen molar-refractivity contribution in [3.8, 4) is 5.75 Å². The number of aromatic nitrogens is 1. The first-order valence-corrected chi connectivity index (χ1v) is 8.39. The number of nitrogens with zero attached hydrogens (tertiary/aromatic N) is 1. The number of rotatable bonds is 4. The molecule has 2 aromatic rings. The molecule has 0 radical (unpaired) electrons. The van der Waals surface area contributed by atoms with Gasteiger partial charge in [0.15, 0.2) is 0 Å². The number of benzene rings is 1. The number of carbonyl (C=O) groups is 1. The van der Waals surface area contributed by atoms with Gasteiger partial charge in [-0.25, -0.2) is 4.79 Å². The summed E-state index contributed by atoms with van der Waals surface area (Å²) < 4.78 is 6.79. The zero-order chi connectivity index (χ0) is 18.3. The maximum atomic E-state index is 12.6. The van der Waals surface area contributed by atoms with Crippen molar-refractivity contribution in [2.75, 3.05) is 7.11 Å². The van der Waals surface area contributed by atoms with Gasteiger partial charge in [0.2, 0.25) is 0 Å². The summed E-state index contributed by atoms with van der Waals surface area (Å²) in [5.74, 6) is -0.568. The minimum absolute atomic E-state index is 0.142. The normalized spacial score (nSPS) is 16.0. The lowest BCUT2D eigenvalue weighted by Crippen LogP contribution is -2.28. The van der Waals surface area contributed by atoms with Gasteiger partial charge in [-0.3, -0.25) is 9.36 Å². The Balaban J connectivity index is 2.17. The highest BCUT2D eigenvalue weighted by atomic mass is 32.1. The minimum atomic E-state index is -1.06. The van der Waals surface area contributed by atoms with Crippen LogP contribution in [0.4, 0.5) is 0 Å². The zero-order valence-corrected chi connectivity index (χ0v) is 15.1. The summed E-state index contributed by atoms with van der Waals surface area (Å²) in [6, 6.07) is 6.55. The van der Waals surface area contributed by atoms with E-state index in [2.05, 4.69) is 0 Å². The molecule has 0 unspecified atom stereocenters. The molecule has 5 nitrogen and oxygen atoms in total. The van der Waals surface area contributed by atoms with Gasteiger partial charge >= 0.3 is 5.97 Å². The van der Waals surface area contributed by atoms with Gasteiger partial charge in [0.25, 0.3) is 5.56 Å². The van der Waals surface area contributed by atoms with Gasteiger partial charge in [-0.15, -0.1) is 0 Å². The standard InChI is InChI=1S/C19H19NO4S/c1-10-5-4-6-12(11(10)2)7-13-8-16(21)20-14(19(22)23)9-15(25)17(20)18(13)24-3/h4-6,8,14H,7,9H2,1-3H3,(H,22,23)/t14-/m1/s1. The van der Waals surface area contributed by atoms with Crippen LogP contribution in [0.1, 0.15) is 40.4 Å². The van der Waals surface area contributed by atoms with Crippen LogP contribution < -0.4 is 10.3 Å². The molecule has 6 heteroatoms. The van der Waals surface area contributed by atoms with Crippen molar-refractivity contribution >= 4 is 23.1 Å². The Kier molecular flexibility index (Phi) is 4.47. The maximum absolute atomic E-state index is 12.6. The zero-order valence-electron chi connectivity index (χ0n) is 14.3. The highest BCUT2D eigenvalue weighted by Gasteiger charge is 2.36. The molecular formula is C19H19NO4S. The molecule has 3 rings (SSSR count). The van der Waals surface area contributed by atoms with Gasteiger partial charge in [-0.05, 0) is 30.5 Å². The predicted molar refractivity (Wildman–Crippen MR) is 99.0 cm³/mol. The van der Waals surface area contributed by atoms with Crippen LogP contribution in [0.15, 0.2) is 29.1 Å². The summed E-state index contributed by atoms with van der Waals surface area (Å²) in [5, 5.41) is 9.38. The topological polar surface area (TPSA) is 68.5 Å². The van der Waals surface area contributed by atoms with Gasteiger partial charge in [0.1, 0.15) is 17.5 Å². The first-order valence-electron chi connectivity index (χ1n) is 7.98. The van der Waals surface area contributed by atoms with Crippen LogP contribution in [0.5, 0.6) is 5.75 Å². The summed E-state index contributed by atoms with van der Waals surface area (Å²) in [6.45, 7) is 4.09. The van der Waals surface area contributed by atoms with Crippen molar-refractivity contribution in [2.24, 2.45) is 0 Å². The number of aryl methyl sites for hydroxylation is 1. The number of aliphatic carboxylic acids is 1. The smallest absolute Gasteiger partial charge is 0.327 e. The van der Waals surface area contributed by atoms with E-state index in [0.29, 0.717) is 22.7 Å². The second-order valence-corrected chi connectivity index (χ2v) is 6.77. The molecule has 0 spiro atoms. The molecule has 1 N–H and O–H groups in total. The van der Waals surface area contributed by atoms with E-state index in [0.717, 1.165) is 16.7 Å². The number of hydrogen-bond donors (Lipinski definition) is 1. The highest BCUT2D eigenvalue weighted by Crippen LogP contribution is 2.34. The Morgan fingerprint density at radius 2 is 2.08 bits per heavy atom. The fourth-order valence-corrected chi connectivity index (χ4v) is 3.70. The molecule has 0 saturated carbocycles. The molecule has 2 heterocycles. The van der Waals surface area contributed by atoms with Crippen molar-refractivity contribution in [1.29, 1.82) is 0 Å². The van der Waals surface area contributed by atoms with Crippen molar-refractivity contribution < 1.29 is 14.6 Å². The largest absolute Gasteiger partial charge is 0.494 e. The number of methoxy groups -OCH3 is 1. The first-order chi connectivity index (χ1) is 11.8. The van der Waals surface area contributed by atoms with Crippen LogP contribution >= 0.6 is 12.2 Å². The summed E-state index contributed by atoms with van der Waals surface area (Å²) in [4.78, 5) is 24.5. The van der Waals surface area contributed by atoms with Crippen LogP contribution in [-0.2, 0) is 11.2 Å². The third-order valence-electron chi connectivity index (χ3n) is 4.82. The predicted octanol–water partition coefficient (Wildman–Crippen LogP) is 2.81. The molecule has 0 aliphatic carbocycles. The highest BCUT2D eigenvalue weighted by molar-refractivity contribution is 7.80. The van der Waals surface area contributed by atoms with E-state index in [1.807, 2.05) is 32.0 Å². The van der Waals surface area contributed by atoms with E-state index in [1.54, 1.807) is 0 Å². The fourth-order valence-electron chi connectivity index (χ4n) is 3.36. The molecule has 0 saturated heterocycles. The van der Waals surface area contributed by atoms with Crippen molar-refractivity contribution in [1.82, 2.24) is 4.57 Å². The van der Waals surface area contributed by atoms with Gasteiger partial charge in [0.05, 0.1) is 7.11 Å². The third kappa shape index (κ3) is 2.87. The van der Waals surface area contributed by atoms with Crippen LogP contribution in [0.25, 0.3) is 0 Å². The van der Waals surface area contributed by atoms with E-state index in [1.165, 1.54) is 23.3 Å². The average molecular weight is 357 g/mol. The van der Waals surface area contributed by atoms with Crippen LogP contribution in [-0.4, -0.2) is 27.6 Å². The molecule has 1 atom stereocenters. The number of carboxylic acids is 1. The Bertz CT molecular complexity index is 945. The van der Waals surface area contributed by atoms with E-state index >= 15 is 0 Å². The summed E-state index contributed by atoms with van der Waals surface area (Å²) in [5.41, 5.74) is 4.23. The second-order valence-electron chi connectivity index (χ2n) is 6.28. The maximum Gasteiger partial charge on any atom is 0.327 e. The van der Waals surface area contributed by atoms with Crippen LogP contribution in [0.2, 0.25) is 0 Å². The molecular weight excluding hydrogens is 338 g/mol. The van der Waals surface area contributed by atoms with Crippen molar-refractivity contribution in [3.63, 3.8) is 0 Å². The number of fused-ring (bicyclic) bond motifs is 1. The lowest BCUT2D eigenvalue weighted by molar-refractivity contribution is -0.140. The van der Waals surface area contributed by atoms with Gasteiger partial charge in [-0.2, -0.15) is 0 Å². The van der Waals surface area contributed by atoms with E-state index in [-0.39, 0.29) is 12.0 Å². The molecule has 1 aliphatic heterocycles. The van der Waals surface area contributed by atoms with Crippen LogP contribution in [0, 0.1) is 13.8 Å². The van der Waals surface area contributed by atoms with E-state index < -0.39 is 12.0 Å². The van der Waals surface area contributed by atoms with Crippen molar-refractivity contribution in [2.45, 2.75) is 32.7 Å². The lowest BCUT2D eigenvalue weighted by Gasteiger charge is -2.17. The number of carboxylic acid groups (broad SMARTS) is 1. The SMILES string of the molecule is COc1c(Cc2cccc(C)c2C)cc(=O)n2c1C(=S)C[C@@H]2C(=O)O. The number of hydrogen-bond acceptors (Lipinski definition) is 4. The molecule has 1 aromatic carbocycles. The molecule has 0 amide bonds. The molecule has 130 valence electrons. The summed E-state index contributed by atoms with van der Waals surface area (Å²) >= 11 is 5.35. The molecule has 1 aliphatic rings. The Morgan fingerprint density at radius 1 is 1.36 bits per heavy atom. The monoisotopic (exact) mass is 357 g/mol. The number of thiocarbonyl (C=S) groups is 1. The quantitative estimate of drug-likeness (QED) is 0.852. The Hall–Kier alpha value is -2.47. The summed E-state index contributed by atoms with van der Waals surface area (Å²) in [6.07, 6.45) is 0.670.